The first-order valence-electron chi connectivity index (χ1n) is 8.60. The number of benzene rings is 3. The molecule has 0 fully saturated rings. The van der Waals surface area contributed by atoms with Crippen molar-refractivity contribution in [1.82, 2.24) is 5.87 Å². The third-order valence-electron chi connectivity index (χ3n) is 3.97. The molecule has 0 unspecified atom stereocenters. The van der Waals surface area contributed by atoms with E-state index in [1.165, 1.54) is 24.3 Å². The SMILES string of the molecule is Cc1ccc(S(=O)(=O)NI(NS(=O)(=O)c2ccc(C)cc2)c2ccccc2)cc1. The third kappa shape index (κ3) is 5.64. The molecule has 0 aromatic heterocycles. The van der Waals surface area contributed by atoms with Crippen LogP contribution in [0.25, 0.3) is 0 Å². The summed E-state index contributed by atoms with van der Waals surface area (Å²) in [5, 5.41) is 0. The minimum atomic E-state index is -3.89. The van der Waals surface area contributed by atoms with Gasteiger partial charge in [0.15, 0.2) is 0 Å². The van der Waals surface area contributed by atoms with Crippen LogP contribution in [0.3, 0.4) is 0 Å². The summed E-state index contributed by atoms with van der Waals surface area (Å²) in [6, 6.07) is 21.6. The molecule has 154 valence electrons. The molecule has 0 heterocycles. The number of hydrogen-bond acceptors (Lipinski definition) is 4. The predicted octanol–water partition coefficient (Wildman–Crippen LogP) is 3.77. The molecule has 2 N–H and O–H groups in total. The number of hydrogen-bond donors (Lipinski definition) is 2. The summed E-state index contributed by atoms with van der Waals surface area (Å²) >= 11 is -3.10. The van der Waals surface area contributed by atoms with E-state index in [4.69, 9.17) is 0 Å². The van der Waals surface area contributed by atoms with Gasteiger partial charge in [0.25, 0.3) is 0 Å². The second kappa shape index (κ2) is 8.92. The quantitative estimate of drug-likeness (QED) is 0.350. The average Bonchev–Trinajstić information content (AvgIpc) is 2.68. The molecule has 0 aliphatic heterocycles. The zero-order chi connectivity index (χ0) is 21.1. The van der Waals surface area contributed by atoms with Gasteiger partial charge >= 0.3 is 180 Å². The molecule has 0 aliphatic rings. The van der Waals surface area contributed by atoms with E-state index in [9.17, 15) is 16.8 Å². The van der Waals surface area contributed by atoms with Crippen LogP contribution in [0.1, 0.15) is 11.1 Å². The van der Waals surface area contributed by atoms with Gasteiger partial charge in [-0.15, -0.1) is 0 Å². The van der Waals surface area contributed by atoms with E-state index < -0.39 is 40.4 Å². The summed E-state index contributed by atoms with van der Waals surface area (Å²) in [4.78, 5) is 0.187. The van der Waals surface area contributed by atoms with E-state index in [0.717, 1.165) is 11.1 Å². The fourth-order valence-electron chi connectivity index (χ4n) is 2.37. The van der Waals surface area contributed by atoms with Crippen molar-refractivity contribution in [2.45, 2.75) is 23.6 Å². The summed E-state index contributed by atoms with van der Waals surface area (Å²) in [6.45, 7) is 3.73. The van der Waals surface area contributed by atoms with Crippen LogP contribution in [-0.4, -0.2) is 16.8 Å². The molecule has 0 spiro atoms. The Labute approximate surface area is 179 Å². The molecule has 3 rings (SSSR count). The van der Waals surface area contributed by atoms with Crippen molar-refractivity contribution in [2.75, 3.05) is 0 Å². The number of rotatable bonds is 7. The van der Waals surface area contributed by atoms with Crippen LogP contribution >= 0.6 is 20.4 Å². The van der Waals surface area contributed by atoms with Crippen LogP contribution in [0.15, 0.2) is 88.7 Å². The van der Waals surface area contributed by atoms with E-state index >= 15 is 0 Å². The average molecular weight is 544 g/mol. The van der Waals surface area contributed by atoms with Crippen molar-refractivity contribution in [3.05, 3.63) is 93.6 Å². The number of aryl methyl sites for hydroxylation is 2. The van der Waals surface area contributed by atoms with E-state index in [2.05, 4.69) is 5.87 Å². The fraction of sp³-hybridized carbons (Fsp3) is 0.100. The molecule has 3 aromatic carbocycles. The Balaban J connectivity index is 1.95. The summed E-state index contributed by atoms with van der Waals surface area (Å²) in [7, 11) is -7.79. The topological polar surface area (TPSA) is 92.3 Å². The van der Waals surface area contributed by atoms with Gasteiger partial charge in [-0.05, 0) is 0 Å². The molecule has 0 aliphatic carbocycles. The Morgan fingerprint density at radius 1 is 0.586 bits per heavy atom. The Morgan fingerprint density at radius 3 is 1.34 bits per heavy atom. The van der Waals surface area contributed by atoms with Gasteiger partial charge in [0.2, 0.25) is 0 Å². The van der Waals surface area contributed by atoms with Crippen molar-refractivity contribution in [3.63, 3.8) is 0 Å². The summed E-state index contributed by atoms with van der Waals surface area (Å²) in [5.74, 6) is 0. The molecule has 29 heavy (non-hydrogen) atoms. The fourth-order valence-corrected chi connectivity index (χ4v) is 12.7. The normalized spacial score (nSPS) is 12.6. The molecule has 0 saturated carbocycles. The molecular weight excluding hydrogens is 523 g/mol. The third-order valence-corrected chi connectivity index (χ3v) is 14.6. The molecule has 3 aromatic rings. The Bertz CT molecular complexity index is 1100. The molecule has 0 bridgehead atoms. The second-order valence-corrected chi connectivity index (χ2v) is 15.1. The van der Waals surface area contributed by atoms with Crippen LogP contribution < -0.4 is 5.87 Å². The molecule has 9 heteroatoms. The van der Waals surface area contributed by atoms with E-state index in [1.54, 1.807) is 54.6 Å². The van der Waals surface area contributed by atoms with Crippen molar-refractivity contribution < 1.29 is 16.8 Å². The first-order valence-corrected chi connectivity index (χ1v) is 14.8. The number of halogens is 1. The summed E-state index contributed by atoms with van der Waals surface area (Å²) in [6.07, 6.45) is 0. The molecule has 0 atom stereocenters. The standard InChI is InChI=1S/C20H21IN2O4S2/c1-16-8-12-19(13-9-16)28(24,25)22-21(18-6-4-3-5-7-18)23-29(26,27)20-14-10-17(2)11-15-20/h3-15,22-23H,1-2H3. The molecule has 0 saturated heterocycles. The maximum atomic E-state index is 12.9. The van der Waals surface area contributed by atoms with E-state index in [0.29, 0.717) is 3.57 Å². The van der Waals surface area contributed by atoms with Gasteiger partial charge in [0.05, 0.1) is 0 Å². The summed E-state index contributed by atoms with van der Waals surface area (Å²) in [5.41, 5.74) is 1.87. The first kappa shape index (κ1) is 21.9. The zero-order valence-electron chi connectivity index (χ0n) is 15.8. The zero-order valence-corrected chi connectivity index (χ0v) is 19.6. The van der Waals surface area contributed by atoms with Crippen LogP contribution in [0.2, 0.25) is 0 Å². The van der Waals surface area contributed by atoms with Gasteiger partial charge in [-0.3, -0.25) is 0 Å². The number of nitrogens with one attached hydrogen (secondary N) is 2. The van der Waals surface area contributed by atoms with Gasteiger partial charge in [-0.25, -0.2) is 0 Å². The van der Waals surface area contributed by atoms with Gasteiger partial charge in [-0.1, -0.05) is 0 Å². The predicted molar refractivity (Wildman–Crippen MR) is 122 cm³/mol. The van der Waals surface area contributed by atoms with Crippen LogP contribution in [0.4, 0.5) is 0 Å². The van der Waals surface area contributed by atoms with E-state index in [-0.39, 0.29) is 9.79 Å². The molecule has 6 nitrogen and oxygen atoms in total. The van der Waals surface area contributed by atoms with Crippen molar-refractivity contribution in [3.8, 4) is 0 Å². The Morgan fingerprint density at radius 2 is 0.966 bits per heavy atom. The van der Waals surface area contributed by atoms with Gasteiger partial charge in [0.1, 0.15) is 0 Å². The maximum absolute atomic E-state index is 12.9. The summed E-state index contributed by atoms with van der Waals surface area (Å²) < 4.78 is 57.4. The monoisotopic (exact) mass is 544 g/mol. The van der Waals surface area contributed by atoms with Crippen LogP contribution in [0, 0.1) is 17.4 Å². The van der Waals surface area contributed by atoms with Crippen LogP contribution in [-0.2, 0) is 20.0 Å². The second-order valence-electron chi connectivity index (χ2n) is 6.37. The van der Waals surface area contributed by atoms with Gasteiger partial charge in [0, 0.05) is 0 Å². The Kier molecular flexibility index (Phi) is 6.74. The van der Waals surface area contributed by atoms with Gasteiger partial charge < -0.3 is 0 Å². The molecule has 0 amide bonds. The first-order chi connectivity index (χ1) is 13.7. The number of sulfonamides is 2. The minimum absolute atomic E-state index is 0.0934. The van der Waals surface area contributed by atoms with Crippen molar-refractivity contribution in [2.24, 2.45) is 0 Å². The van der Waals surface area contributed by atoms with Crippen LogP contribution in [0.5, 0.6) is 0 Å². The van der Waals surface area contributed by atoms with Crippen molar-refractivity contribution in [1.29, 1.82) is 0 Å². The Hall–Kier alpha value is -1.79. The van der Waals surface area contributed by atoms with Gasteiger partial charge in [-0.2, -0.15) is 0 Å². The molecular formula is C20H21IN2O4S2. The van der Waals surface area contributed by atoms with Crippen molar-refractivity contribution >= 4 is 40.4 Å². The molecule has 0 radical (unpaired) electrons. The van der Waals surface area contributed by atoms with E-state index in [1.807, 2.05) is 13.8 Å².